The van der Waals surface area contributed by atoms with Gasteiger partial charge in [-0.1, -0.05) is 27.5 Å². The highest BCUT2D eigenvalue weighted by molar-refractivity contribution is 9.10. The average Bonchev–Trinajstić information content (AvgIpc) is 2.21. The van der Waals surface area contributed by atoms with Crippen molar-refractivity contribution >= 4 is 50.7 Å². The minimum atomic E-state index is -0.0479. The van der Waals surface area contributed by atoms with E-state index in [1.165, 1.54) is 0 Å². The van der Waals surface area contributed by atoms with Crippen LogP contribution in [0, 0.1) is 0 Å². The first-order chi connectivity index (χ1) is 8.04. The third-order valence-corrected chi connectivity index (χ3v) is 2.78. The van der Waals surface area contributed by atoms with E-state index in [9.17, 15) is 0 Å². The van der Waals surface area contributed by atoms with Crippen LogP contribution in [-0.2, 0) is 0 Å². The smallest absolute Gasteiger partial charge is 0.327 e. The molecule has 0 bridgehead atoms. The van der Waals surface area contributed by atoms with Gasteiger partial charge in [0, 0.05) is 4.47 Å². The lowest BCUT2D eigenvalue weighted by Gasteiger charge is -2.05. The number of rotatable bonds is 2. The minimum Gasteiger partial charge on any atom is -0.423 e. The average molecular weight is 355 g/mol. The highest BCUT2D eigenvalue weighted by atomic mass is 79.9. The summed E-state index contributed by atoms with van der Waals surface area (Å²) in [5.41, 5.74) is 0. The number of halogens is 4. The third-order valence-electron chi connectivity index (χ3n) is 1.66. The van der Waals surface area contributed by atoms with Crippen LogP contribution in [0.5, 0.6) is 11.8 Å². The van der Waals surface area contributed by atoms with Crippen molar-refractivity contribution in [2.24, 2.45) is 0 Å². The summed E-state index contributed by atoms with van der Waals surface area (Å²) in [6.07, 6.45) is 0. The largest absolute Gasteiger partial charge is 0.423 e. The summed E-state index contributed by atoms with van der Waals surface area (Å²) in [6.45, 7) is 0. The van der Waals surface area contributed by atoms with Crippen molar-refractivity contribution in [1.29, 1.82) is 0 Å². The van der Waals surface area contributed by atoms with Gasteiger partial charge in [-0.05, 0) is 41.4 Å². The predicted molar refractivity (Wildman–Crippen MR) is 69.1 cm³/mol. The number of aromatic nitrogens is 3. The number of ether oxygens (including phenoxy) is 1. The second-order valence-electron chi connectivity index (χ2n) is 2.83. The monoisotopic (exact) mass is 353 g/mol. The Morgan fingerprint density at radius 3 is 2.24 bits per heavy atom. The van der Waals surface area contributed by atoms with Crippen LogP contribution in [-0.4, -0.2) is 15.0 Å². The normalized spacial score (nSPS) is 10.4. The van der Waals surface area contributed by atoms with E-state index in [2.05, 4.69) is 30.9 Å². The van der Waals surface area contributed by atoms with Crippen LogP contribution in [0.25, 0.3) is 0 Å². The molecule has 17 heavy (non-hydrogen) atoms. The Balaban J connectivity index is 2.31. The molecular formula is C9H3BrCl3N3O. The van der Waals surface area contributed by atoms with E-state index in [1.807, 2.05) is 0 Å². The maximum Gasteiger partial charge on any atom is 0.327 e. The molecule has 0 spiro atoms. The molecule has 0 unspecified atom stereocenters. The lowest BCUT2D eigenvalue weighted by Crippen LogP contribution is -1.95. The third kappa shape index (κ3) is 3.42. The number of hydrogen-bond donors (Lipinski definition) is 0. The van der Waals surface area contributed by atoms with Crippen molar-refractivity contribution < 1.29 is 4.74 Å². The van der Waals surface area contributed by atoms with E-state index in [1.54, 1.807) is 18.2 Å². The lowest BCUT2D eigenvalue weighted by atomic mass is 10.3. The van der Waals surface area contributed by atoms with E-state index >= 15 is 0 Å². The molecule has 0 amide bonds. The molecule has 2 aromatic rings. The molecule has 8 heteroatoms. The number of benzene rings is 1. The maximum atomic E-state index is 5.97. The Kier molecular flexibility index (Phi) is 4.04. The molecule has 0 saturated heterocycles. The van der Waals surface area contributed by atoms with Crippen molar-refractivity contribution in [3.8, 4) is 11.8 Å². The van der Waals surface area contributed by atoms with Gasteiger partial charge in [0.1, 0.15) is 5.75 Å². The van der Waals surface area contributed by atoms with Crippen molar-refractivity contribution in [2.45, 2.75) is 0 Å². The van der Waals surface area contributed by atoms with Crippen LogP contribution >= 0.6 is 50.7 Å². The van der Waals surface area contributed by atoms with Crippen LogP contribution in [0.15, 0.2) is 22.7 Å². The zero-order valence-corrected chi connectivity index (χ0v) is 11.8. The zero-order chi connectivity index (χ0) is 12.4. The van der Waals surface area contributed by atoms with E-state index in [-0.39, 0.29) is 16.6 Å². The summed E-state index contributed by atoms with van der Waals surface area (Å²) >= 11 is 20.5. The van der Waals surface area contributed by atoms with Gasteiger partial charge < -0.3 is 4.74 Å². The quantitative estimate of drug-likeness (QED) is 0.802. The van der Waals surface area contributed by atoms with Gasteiger partial charge in [0.2, 0.25) is 10.6 Å². The van der Waals surface area contributed by atoms with Gasteiger partial charge in [-0.3, -0.25) is 0 Å². The van der Waals surface area contributed by atoms with E-state index in [0.29, 0.717) is 10.8 Å². The SMILES string of the molecule is Clc1nc(Cl)nc(Oc2ccc(Br)cc2Cl)n1. The molecule has 0 aliphatic carbocycles. The fraction of sp³-hybridized carbons (Fsp3) is 0. The van der Waals surface area contributed by atoms with Crippen LogP contribution < -0.4 is 4.74 Å². The summed E-state index contributed by atoms with van der Waals surface area (Å²) in [4.78, 5) is 11.1. The fourth-order valence-corrected chi connectivity index (χ4v) is 2.07. The molecule has 1 aromatic heterocycles. The first-order valence-electron chi connectivity index (χ1n) is 4.24. The lowest BCUT2D eigenvalue weighted by molar-refractivity contribution is 0.439. The van der Waals surface area contributed by atoms with E-state index in [4.69, 9.17) is 39.5 Å². The Hall–Kier alpha value is -0.620. The standard InChI is InChI=1S/C9H3BrCl3N3O/c10-4-1-2-6(5(11)3-4)17-9-15-7(12)14-8(13)16-9/h1-3H. The van der Waals surface area contributed by atoms with Gasteiger partial charge in [-0.2, -0.15) is 15.0 Å². The molecule has 4 nitrogen and oxygen atoms in total. The van der Waals surface area contributed by atoms with Crippen molar-refractivity contribution in [1.82, 2.24) is 15.0 Å². The van der Waals surface area contributed by atoms with Crippen LogP contribution in [0.2, 0.25) is 15.6 Å². The molecule has 0 aliphatic heterocycles. The van der Waals surface area contributed by atoms with Crippen molar-refractivity contribution in [3.63, 3.8) is 0 Å². The van der Waals surface area contributed by atoms with Gasteiger partial charge in [-0.25, -0.2) is 0 Å². The predicted octanol–water partition coefficient (Wildman–Crippen LogP) is 4.39. The first-order valence-corrected chi connectivity index (χ1v) is 6.17. The molecule has 1 aromatic carbocycles. The minimum absolute atomic E-state index is 0.0146. The molecule has 0 radical (unpaired) electrons. The molecule has 0 saturated carbocycles. The topological polar surface area (TPSA) is 47.9 Å². The van der Waals surface area contributed by atoms with Gasteiger partial charge >= 0.3 is 6.01 Å². The summed E-state index contributed by atoms with van der Waals surface area (Å²) in [7, 11) is 0. The van der Waals surface area contributed by atoms with Gasteiger partial charge in [-0.15, -0.1) is 0 Å². The molecule has 2 rings (SSSR count). The fourth-order valence-electron chi connectivity index (χ4n) is 1.01. The molecule has 1 heterocycles. The number of hydrogen-bond acceptors (Lipinski definition) is 4. The molecular weight excluding hydrogens is 352 g/mol. The Labute approximate surface area is 120 Å². The molecule has 0 N–H and O–H groups in total. The summed E-state index contributed by atoms with van der Waals surface area (Å²) in [5, 5.41) is 0.313. The van der Waals surface area contributed by atoms with E-state index in [0.717, 1.165) is 4.47 Å². The maximum absolute atomic E-state index is 5.97. The zero-order valence-electron chi connectivity index (χ0n) is 7.99. The first kappa shape index (κ1) is 12.8. The van der Waals surface area contributed by atoms with Gasteiger partial charge in [0.05, 0.1) is 5.02 Å². The molecule has 0 aliphatic rings. The summed E-state index contributed by atoms with van der Waals surface area (Å²) in [5.74, 6) is 0.396. The second kappa shape index (κ2) is 5.35. The van der Waals surface area contributed by atoms with Gasteiger partial charge in [0.15, 0.2) is 0 Å². The summed E-state index contributed by atoms with van der Waals surface area (Å²) < 4.78 is 6.18. The summed E-state index contributed by atoms with van der Waals surface area (Å²) in [6, 6.07) is 5.10. The number of nitrogens with zero attached hydrogens (tertiary/aromatic N) is 3. The van der Waals surface area contributed by atoms with Crippen LogP contribution in [0.1, 0.15) is 0 Å². The Morgan fingerprint density at radius 2 is 1.65 bits per heavy atom. The van der Waals surface area contributed by atoms with Crippen LogP contribution in [0.4, 0.5) is 0 Å². The Morgan fingerprint density at radius 1 is 1.00 bits per heavy atom. The second-order valence-corrected chi connectivity index (χ2v) is 4.83. The molecule has 88 valence electrons. The Bertz CT molecular complexity index is 547. The van der Waals surface area contributed by atoms with Crippen LogP contribution in [0.3, 0.4) is 0 Å². The van der Waals surface area contributed by atoms with Crippen molar-refractivity contribution in [2.75, 3.05) is 0 Å². The highest BCUT2D eigenvalue weighted by Gasteiger charge is 2.08. The molecule has 0 fully saturated rings. The van der Waals surface area contributed by atoms with Crippen molar-refractivity contribution in [3.05, 3.63) is 38.3 Å². The van der Waals surface area contributed by atoms with E-state index < -0.39 is 0 Å². The molecule has 0 atom stereocenters. The highest BCUT2D eigenvalue weighted by Crippen LogP contribution is 2.30. The van der Waals surface area contributed by atoms with Gasteiger partial charge in [0.25, 0.3) is 0 Å².